The zero-order valence-corrected chi connectivity index (χ0v) is 8.69. The zero-order valence-electron chi connectivity index (χ0n) is 8.69. The fourth-order valence-electron chi connectivity index (χ4n) is 1.47. The van der Waals surface area contributed by atoms with Gasteiger partial charge < -0.3 is 4.57 Å². The maximum Gasteiger partial charge on any atom is 0.231 e. The first-order valence-corrected chi connectivity index (χ1v) is 4.79. The van der Waals surface area contributed by atoms with Crippen LogP contribution in [0, 0.1) is 6.92 Å². The van der Waals surface area contributed by atoms with Gasteiger partial charge >= 0.3 is 0 Å². The molecule has 0 bridgehead atoms. The molecule has 2 aromatic rings. The Labute approximate surface area is 87.1 Å². The molecule has 2 heterocycles. The minimum Gasteiger partial charge on any atom is -0.328 e. The predicted molar refractivity (Wildman–Crippen MR) is 54.7 cm³/mol. The summed E-state index contributed by atoms with van der Waals surface area (Å²) in [4.78, 5) is 16.1. The fraction of sp³-hybridized carbons (Fsp3) is 0.300. The first-order valence-electron chi connectivity index (χ1n) is 4.79. The lowest BCUT2D eigenvalue weighted by molar-refractivity contribution is 0.102. The number of hydrogen-bond donors (Lipinski definition) is 1. The highest BCUT2D eigenvalue weighted by molar-refractivity contribution is 6.07. The molecule has 78 valence electrons. The van der Waals surface area contributed by atoms with E-state index in [1.165, 1.54) is 6.20 Å². The second kappa shape index (κ2) is 3.68. The molecule has 0 atom stereocenters. The molecule has 0 radical (unpaired) electrons. The molecule has 0 fully saturated rings. The third kappa shape index (κ3) is 1.56. The number of aromatic amines is 1. The summed E-state index contributed by atoms with van der Waals surface area (Å²) in [5, 5.41) is 6.57. The summed E-state index contributed by atoms with van der Waals surface area (Å²) >= 11 is 0. The lowest BCUT2D eigenvalue weighted by atomic mass is 10.1. The summed E-state index contributed by atoms with van der Waals surface area (Å²) in [5.74, 6) is 0.370. The van der Waals surface area contributed by atoms with Crippen molar-refractivity contribution < 1.29 is 4.79 Å². The van der Waals surface area contributed by atoms with Crippen LogP contribution in [0.5, 0.6) is 0 Å². The van der Waals surface area contributed by atoms with Crippen LogP contribution in [0.15, 0.2) is 18.6 Å². The van der Waals surface area contributed by atoms with Crippen molar-refractivity contribution in [3.63, 3.8) is 0 Å². The van der Waals surface area contributed by atoms with Crippen LogP contribution >= 0.6 is 0 Å². The molecule has 0 spiro atoms. The van der Waals surface area contributed by atoms with Crippen molar-refractivity contribution in [2.24, 2.45) is 0 Å². The minimum absolute atomic E-state index is 0.0897. The Morgan fingerprint density at radius 2 is 2.40 bits per heavy atom. The monoisotopic (exact) mass is 204 g/mol. The maximum absolute atomic E-state index is 12.0. The minimum atomic E-state index is -0.0897. The molecule has 5 heteroatoms. The normalized spacial score (nSPS) is 10.5. The van der Waals surface area contributed by atoms with E-state index < -0.39 is 0 Å². The van der Waals surface area contributed by atoms with E-state index in [2.05, 4.69) is 15.2 Å². The standard InChI is InChI=1S/C10H12N4O/c1-3-14-5-4-11-10(14)9(15)8-6-12-13-7(8)2/h4-6H,3H2,1-2H3,(H,12,13). The maximum atomic E-state index is 12.0. The van der Waals surface area contributed by atoms with Gasteiger partial charge in [-0.15, -0.1) is 0 Å². The first-order chi connectivity index (χ1) is 7.24. The predicted octanol–water partition coefficient (Wildman–Crippen LogP) is 1.17. The van der Waals surface area contributed by atoms with Gasteiger partial charge in [-0.3, -0.25) is 9.89 Å². The number of nitrogens with zero attached hydrogens (tertiary/aromatic N) is 3. The average Bonchev–Trinajstić information content (AvgIpc) is 2.84. The molecule has 1 N–H and O–H groups in total. The Hall–Kier alpha value is -1.91. The van der Waals surface area contributed by atoms with Crippen molar-refractivity contribution in [1.29, 1.82) is 0 Å². The molecule has 0 amide bonds. The largest absolute Gasteiger partial charge is 0.328 e. The SMILES string of the molecule is CCn1ccnc1C(=O)c1cn[nH]c1C. The second-order valence-corrected chi connectivity index (χ2v) is 3.27. The third-order valence-corrected chi connectivity index (χ3v) is 2.33. The van der Waals surface area contributed by atoms with Crippen LogP contribution in [0.2, 0.25) is 0 Å². The van der Waals surface area contributed by atoms with Crippen LogP contribution in [0.3, 0.4) is 0 Å². The molecular weight excluding hydrogens is 192 g/mol. The zero-order chi connectivity index (χ0) is 10.8. The van der Waals surface area contributed by atoms with E-state index in [1.54, 1.807) is 12.4 Å². The van der Waals surface area contributed by atoms with Crippen LogP contribution in [0.25, 0.3) is 0 Å². The quantitative estimate of drug-likeness (QED) is 0.763. The molecule has 0 saturated carbocycles. The lowest BCUT2D eigenvalue weighted by Crippen LogP contribution is -2.10. The van der Waals surface area contributed by atoms with Crippen LogP contribution in [-0.4, -0.2) is 25.5 Å². The topological polar surface area (TPSA) is 63.6 Å². The van der Waals surface area contributed by atoms with Gasteiger partial charge in [-0.2, -0.15) is 5.10 Å². The Morgan fingerprint density at radius 3 is 3.00 bits per heavy atom. The number of nitrogens with one attached hydrogen (secondary N) is 1. The second-order valence-electron chi connectivity index (χ2n) is 3.27. The molecular formula is C10H12N4O. The Morgan fingerprint density at radius 1 is 1.60 bits per heavy atom. The molecule has 0 unspecified atom stereocenters. The first kappa shape index (κ1) is 9.64. The number of aryl methyl sites for hydroxylation is 2. The number of H-pyrrole nitrogens is 1. The van der Waals surface area contributed by atoms with Gasteiger partial charge in [0.1, 0.15) is 0 Å². The Bertz CT molecular complexity index is 483. The molecule has 2 aromatic heterocycles. The Kier molecular flexibility index (Phi) is 2.37. The molecule has 0 aromatic carbocycles. The smallest absolute Gasteiger partial charge is 0.231 e. The van der Waals surface area contributed by atoms with Gasteiger partial charge in [0, 0.05) is 24.6 Å². The average molecular weight is 204 g/mol. The molecule has 0 aliphatic carbocycles. The van der Waals surface area contributed by atoms with Gasteiger partial charge in [0.05, 0.1) is 11.8 Å². The number of imidazole rings is 1. The number of rotatable bonds is 3. The van der Waals surface area contributed by atoms with E-state index >= 15 is 0 Å². The van der Waals surface area contributed by atoms with Gasteiger partial charge in [0.15, 0.2) is 5.82 Å². The van der Waals surface area contributed by atoms with E-state index in [1.807, 2.05) is 18.4 Å². The number of carbonyl (C=O) groups is 1. The van der Waals surface area contributed by atoms with Gasteiger partial charge in [0.25, 0.3) is 0 Å². The highest BCUT2D eigenvalue weighted by Gasteiger charge is 2.17. The molecule has 0 saturated heterocycles. The third-order valence-electron chi connectivity index (χ3n) is 2.33. The number of hydrogen-bond acceptors (Lipinski definition) is 3. The van der Waals surface area contributed by atoms with E-state index in [-0.39, 0.29) is 5.78 Å². The molecule has 2 rings (SSSR count). The fourth-order valence-corrected chi connectivity index (χ4v) is 1.47. The Balaban J connectivity index is 2.41. The van der Waals surface area contributed by atoms with Crippen molar-refractivity contribution in [3.8, 4) is 0 Å². The molecule has 0 aliphatic rings. The van der Waals surface area contributed by atoms with Crippen molar-refractivity contribution in [2.75, 3.05) is 0 Å². The highest BCUT2D eigenvalue weighted by Crippen LogP contribution is 2.10. The molecule has 0 aliphatic heterocycles. The molecule has 15 heavy (non-hydrogen) atoms. The van der Waals surface area contributed by atoms with Crippen LogP contribution < -0.4 is 0 Å². The number of aromatic nitrogens is 4. The van der Waals surface area contributed by atoms with Crippen LogP contribution in [0.1, 0.15) is 28.8 Å². The summed E-state index contributed by atoms with van der Waals surface area (Å²) in [5.41, 5.74) is 1.35. The van der Waals surface area contributed by atoms with Gasteiger partial charge in [0.2, 0.25) is 5.78 Å². The summed E-state index contributed by atoms with van der Waals surface area (Å²) < 4.78 is 1.81. The van der Waals surface area contributed by atoms with Crippen molar-refractivity contribution in [3.05, 3.63) is 35.7 Å². The van der Waals surface area contributed by atoms with Crippen molar-refractivity contribution >= 4 is 5.78 Å². The highest BCUT2D eigenvalue weighted by atomic mass is 16.1. The number of ketones is 1. The van der Waals surface area contributed by atoms with Gasteiger partial charge in [-0.25, -0.2) is 4.98 Å². The summed E-state index contributed by atoms with van der Waals surface area (Å²) in [6, 6.07) is 0. The lowest BCUT2D eigenvalue weighted by Gasteiger charge is -2.02. The number of carbonyl (C=O) groups excluding carboxylic acids is 1. The van der Waals surface area contributed by atoms with Crippen LogP contribution in [0.4, 0.5) is 0 Å². The molecule has 5 nitrogen and oxygen atoms in total. The van der Waals surface area contributed by atoms with E-state index in [4.69, 9.17) is 0 Å². The van der Waals surface area contributed by atoms with Crippen LogP contribution in [-0.2, 0) is 6.54 Å². The summed E-state index contributed by atoms with van der Waals surface area (Å²) in [7, 11) is 0. The summed E-state index contributed by atoms with van der Waals surface area (Å²) in [6.07, 6.45) is 4.96. The van der Waals surface area contributed by atoms with E-state index in [0.717, 1.165) is 12.2 Å². The van der Waals surface area contributed by atoms with E-state index in [9.17, 15) is 4.79 Å². The van der Waals surface area contributed by atoms with Gasteiger partial charge in [-0.1, -0.05) is 0 Å². The van der Waals surface area contributed by atoms with Crippen molar-refractivity contribution in [1.82, 2.24) is 19.7 Å². The summed E-state index contributed by atoms with van der Waals surface area (Å²) in [6.45, 7) is 4.53. The van der Waals surface area contributed by atoms with Gasteiger partial charge in [-0.05, 0) is 13.8 Å². The van der Waals surface area contributed by atoms with E-state index in [0.29, 0.717) is 11.4 Å². The van der Waals surface area contributed by atoms with Crippen molar-refractivity contribution in [2.45, 2.75) is 20.4 Å².